The van der Waals surface area contributed by atoms with E-state index in [4.69, 9.17) is 4.74 Å². The first-order chi connectivity index (χ1) is 11.9. The molecule has 1 atom stereocenters. The first-order valence-corrected chi connectivity index (χ1v) is 8.22. The molecule has 6 nitrogen and oxygen atoms in total. The number of anilines is 1. The van der Waals surface area contributed by atoms with Crippen LogP contribution in [-0.4, -0.2) is 34.2 Å². The summed E-state index contributed by atoms with van der Waals surface area (Å²) in [6.45, 7) is 5.65. The van der Waals surface area contributed by atoms with Crippen molar-refractivity contribution in [1.82, 2.24) is 4.90 Å². The van der Waals surface area contributed by atoms with Crippen molar-refractivity contribution in [3.63, 3.8) is 0 Å². The number of aliphatic imine (C=N–C) groups is 1. The highest BCUT2D eigenvalue weighted by Gasteiger charge is 2.45. The fraction of sp³-hybridized carbons (Fsp3) is 0.316. The van der Waals surface area contributed by atoms with Gasteiger partial charge in [-0.05, 0) is 57.2 Å². The Morgan fingerprint density at radius 3 is 2.68 bits per heavy atom. The van der Waals surface area contributed by atoms with Crippen LogP contribution in [0.15, 0.2) is 53.7 Å². The molecule has 3 rings (SSSR count). The second-order valence-electron chi connectivity index (χ2n) is 6.53. The van der Waals surface area contributed by atoms with Gasteiger partial charge in [0.1, 0.15) is 17.1 Å². The predicted octanol–water partition coefficient (Wildman–Crippen LogP) is 2.89. The molecular weight excluding hydrogens is 318 g/mol. The number of carbonyl (C=O) groups is 2. The second kappa shape index (κ2) is 6.55. The Balaban J connectivity index is 1.78. The quantitative estimate of drug-likeness (QED) is 0.916. The number of benzene rings is 1. The molecule has 0 saturated heterocycles. The number of fused-ring (bicyclic) bond motifs is 1. The lowest BCUT2D eigenvalue weighted by molar-refractivity contribution is -0.130. The summed E-state index contributed by atoms with van der Waals surface area (Å²) in [6, 6.07) is 7.18. The molecule has 0 fully saturated rings. The van der Waals surface area contributed by atoms with Crippen LogP contribution in [0.5, 0.6) is 5.75 Å². The zero-order valence-electron chi connectivity index (χ0n) is 14.5. The van der Waals surface area contributed by atoms with Gasteiger partial charge in [-0.1, -0.05) is 6.08 Å². The number of hydrogen-bond acceptors (Lipinski definition) is 4. The standard InChI is InChI=1S/C19H21N3O3/c1-13(2)25-15-9-7-14(8-10-15)20-18(24)19(3)12-17(23)21-16-6-4-5-11-22(16)19/h4-11,13H,12H2,1-3H3,(H,20,24). The summed E-state index contributed by atoms with van der Waals surface area (Å²) in [5.41, 5.74) is -0.377. The average molecular weight is 339 g/mol. The molecule has 1 unspecified atom stereocenters. The van der Waals surface area contributed by atoms with Gasteiger partial charge in [-0.25, -0.2) is 0 Å². The number of rotatable bonds is 4. The van der Waals surface area contributed by atoms with E-state index in [0.717, 1.165) is 5.75 Å². The fourth-order valence-electron chi connectivity index (χ4n) is 2.83. The van der Waals surface area contributed by atoms with Crippen molar-refractivity contribution < 1.29 is 14.3 Å². The lowest BCUT2D eigenvalue weighted by atomic mass is 9.91. The van der Waals surface area contributed by atoms with Gasteiger partial charge < -0.3 is 15.0 Å². The molecule has 1 aromatic carbocycles. The number of hydrogen-bond donors (Lipinski definition) is 1. The van der Waals surface area contributed by atoms with Crippen LogP contribution >= 0.6 is 0 Å². The lowest BCUT2D eigenvalue weighted by Crippen LogP contribution is -2.58. The molecule has 6 heteroatoms. The molecule has 1 N–H and O–H groups in total. The number of nitrogens with one attached hydrogen (secondary N) is 1. The van der Waals surface area contributed by atoms with Gasteiger partial charge in [0.2, 0.25) is 0 Å². The van der Waals surface area contributed by atoms with Gasteiger partial charge in [0.05, 0.1) is 12.5 Å². The maximum atomic E-state index is 12.9. The van der Waals surface area contributed by atoms with Crippen molar-refractivity contribution in [2.24, 2.45) is 4.99 Å². The summed E-state index contributed by atoms with van der Waals surface area (Å²) in [5, 5.41) is 2.88. The van der Waals surface area contributed by atoms with E-state index in [-0.39, 0.29) is 24.3 Å². The molecule has 2 heterocycles. The predicted molar refractivity (Wildman–Crippen MR) is 96.4 cm³/mol. The van der Waals surface area contributed by atoms with Crippen LogP contribution in [0.25, 0.3) is 0 Å². The number of amidine groups is 1. The third kappa shape index (κ3) is 3.47. The van der Waals surface area contributed by atoms with Crippen molar-refractivity contribution in [2.45, 2.75) is 38.8 Å². The van der Waals surface area contributed by atoms with Crippen LogP contribution in [-0.2, 0) is 9.59 Å². The number of amides is 2. The van der Waals surface area contributed by atoms with Gasteiger partial charge in [-0.15, -0.1) is 0 Å². The molecule has 0 saturated carbocycles. The van der Waals surface area contributed by atoms with Crippen LogP contribution in [0.2, 0.25) is 0 Å². The van der Waals surface area contributed by atoms with Crippen LogP contribution in [0.3, 0.4) is 0 Å². The van der Waals surface area contributed by atoms with Crippen LogP contribution < -0.4 is 10.1 Å². The van der Waals surface area contributed by atoms with Gasteiger partial charge in [0, 0.05) is 11.9 Å². The van der Waals surface area contributed by atoms with Gasteiger partial charge in [-0.2, -0.15) is 4.99 Å². The molecule has 130 valence electrons. The van der Waals surface area contributed by atoms with E-state index in [1.165, 1.54) is 0 Å². The Kier molecular flexibility index (Phi) is 4.44. The number of carbonyl (C=O) groups excluding carboxylic acids is 2. The van der Waals surface area contributed by atoms with Crippen molar-refractivity contribution in [3.8, 4) is 5.75 Å². The zero-order chi connectivity index (χ0) is 18.0. The summed E-state index contributed by atoms with van der Waals surface area (Å²) in [7, 11) is 0. The lowest BCUT2D eigenvalue weighted by Gasteiger charge is -2.41. The summed E-state index contributed by atoms with van der Waals surface area (Å²) >= 11 is 0. The number of ether oxygens (including phenoxy) is 1. The van der Waals surface area contributed by atoms with Crippen LogP contribution in [0.4, 0.5) is 5.69 Å². The van der Waals surface area contributed by atoms with E-state index in [1.807, 2.05) is 19.9 Å². The minimum absolute atomic E-state index is 0.0229. The van der Waals surface area contributed by atoms with Gasteiger partial charge in [-0.3, -0.25) is 9.59 Å². The Hall–Kier alpha value is -2.89. The molecule has 1 aromatic rings. The Labute approximate surface area is 146 Å². The molecular formula is C19H21N3O3. The van der Waals surface area contributed by atoms with Crippen LogP contribution in [0, 0.1) is 0 Å². The van der Waals surface area contributed by atoms with E-state index in [9.17, 15) is 9.59 Å². The first-order valence-electron chi connectivity index (χ1n) is 8.22. The summed E-state index contributed by atoms with van der Waals surface area (Å²) < 4.78 is 5.60. The average Bonchev–Trinajstić information content (AvgIpc) is 2.56. The normalized spacial score (nSPS) is 21.8. The fourth-order valence-corrected chi connectivity index (χ4v) is 2.83. The molecule has 2 aliphatic heterocycles. The highest BCUT2D eigenvalue weighted by Crippen LogP contribution is 2.29. The molecule has 0 bridgehead atoms. The molecule has 0 radical (unpaired) electrons. The number of allylic oxidation sites excluding steroid dienone is 2. The van der Waals surface area contributed by atoms with Gasteiger partial charge in [0.25, 0.3) is 11.8 Å². The maximum Gasteiger partial charge on any atom is 0.250 e. The van der Waals surface area contributed by atoms with Crippen molar-refractivity contribution in [1.29, 1.82) is 0 Å². The van der Waals surface area contributed by atoms with E-state index >= 15 is 0 Å². The summed E-state index contributed by atoms with van der Waals surface area (Å²) in [6.07, 6.45) is 7.21. The monoisotopic (exact) mass is 339 g/mol. The Morgan fingerprint density at radius 1 is 1.28 bits per heavy atom. The van der Waals surface area contributed by atoms with Gasteiger partial charge >= 0.3 is 0 Å². The third-order valence-electron chi connectivity index (χ3n) is 4.08. The van der Waals surface area contributed by atoms with Crippen molar-refractivity contribution in [2.75, 3.05) is 5.32 Å². The molecule has 25 heavy (non-hydrogen) atoms. The van der Waals surface area contributed by atoms with Gasteiger partial charge in [0.15, 0.2) is 0 Å². The zero-order valence-corrected chi connectivity index (χ0v) is 14.5. The molecule has 2 aliphatic rings. The highest BCUT2D eigenvalue weighted by atomic mass is 16.5. The van der Waals surface area contributed by atoms with E-state index in [2.05, 4.69) is 10.3 Å². The summed E-state index contributed by atoms with van der Waals surface area (Å²) in [4.78, 5) is 30.6. The molecule has 2 amide bonds. The first kappa shape index (κ1) is 17.0. The highest BCUT2D eigenvalue weighted by molar-refractivity contribution is 6.11. The largest absolute Gasteiger partial charge is 0.491 e. The molecule has 0 aromatic heterocycles. The SMILES string of the molecule is CC(C)Oc1ccc(NC(=O)C2(C)CC(=O)N=C3C=CC=CN32)cc1. The topological polar surface area (TPSA) is 71.0 Å². The van der Waals surface area contributed by atoms with Crippen molar-refractivity contribution >= 4 is 23.3 Å². The summed E-state index contributed by atoms with van der Waals surface area (Å²) in [5.74, 6) is 0.665. The smallest absolute Gasteiger partial charge is 0.250 e. The van der Waals surface area contributed by atoms with Crippen molar-refractivity contribution in [3.05, 3.63) is 48.7 Å². The Morgan fingerprint density at radius 2 is 2.00 bits per heavy atom. The number of nitrogens with zero attached hydrogens (tertiary/aromatic N) is 2. The molecule has 0 spiro atoms. The second-order valence-corrected chi connectivity index (χ2v) is 6.53. The molecule has 0 aliphatic carbocycles. The van der Waals surface area contributed by atoms with Crippen LogP contribution in [0.1, 0.15) is 27.2 Å². The Bertz CT molecular complexity index is 778. The minimum atomic E-state index is -1.03. The third-order valence-corrected chi connectivity index (χ3v) is 4.08. The van der Waals surface area contributed by atoms with E-state index in [1.54, 1.807) is 54.4 Å². The minimum Gasteiger partial charge on any atom is -0.491 e. The maximum absolute atomic E-state index is 12.9. The van der Waals surface area contributed by atoms with E-state index in [0.29, 0.717) is 11.5 Å². The van der Waals surface area contributed by atoms with E-state index < -0.39 is 5.54 Å².